The van der Waals surface area contributed by atoms with Gasteiger partial charge in [-0.1, -0.05) is 26.0 Å². The van der Waals surface area contributed by atoms with E-state index in [-0.39, 0.29) is 0 Å². The molecule has 0 aliphatic heterocycles. The molecule has 1 heterocycles. The van der Waals surface area contributed by atoms with E-state index in [1.54, 1.807) is 7.11 Å². The first-order valence-corrected chi connectivity index (χ1v) is 6.68. The van der Waals surface area contributed by atoms with Gasteiger partial charge in [-0.05, 0) is 43.0 Å². The summed E-state index contributed by atoms with van der Waals surface area (Å²) in [6, 6.07) is 8.60. The zero-order chi connectivity index (χ0) is 14.0. The van der Waals surface area contributed by atoms with Crippen LogP contribution in [-0.4, -0.2) is 16.9 Å². The van der Waals surface area contributed by atoms with Crippen molar-refractivity contribution in [1.29, 1.82) is 0 Å². The van der Waals surface area contributed by atoms with Crippen LogP contribution in [-0.2, 0) is 11.3 Å². The van der Waals surface area contributed by atoms with Crippen molar-refractivity contribution < 1.29 is 4.74 Å². The minimum absolute atomic E-state index is 0.429. The van der Waals surface area contributed by atoms with Gasteiger partial charge in [0.15, 0.2) is 0 Å². The molecule has 0 radical (unpaired) electrons. The van der Waals surface area contributed by atoms with Crippen LogP contribution in [0.3, 0.4) is 0 Å². The maximum atomic E-state index is 5.19. The van der Waals surface area contributed by atoms with Crippen molar-refractivity contribution in [2.24, 2.45) is 0 Å². The number of rotatable bonds is 4. The molecule has 3 nitrogen and oxygen atoms in total. The minimum atomic E-state index is 0.429. The molecular formula is C16H22N2O. The largest absolute Gasteiger partial charge is 0.378 e. The molecule has 2 rings (SSSR count). The van der Waals surface area contributed by atoms with Gasteiger partial charge < -0.3 is 4.74 Å². The highest BCUT2D eigenvalue weighted by Crippen LogP contribution is 2.23. The summed E-state index contributed by atoms with van der Waals surface area (Å²) < 4.78 is 7.25. The van der Waals surface area contributed by atoms with E-state index in [4.69, 9.17) is 4.74 Å². The molecule has 0 saturated heterocycles. The molecule has 0 aliphatic rings. The van der Waals surface area contributed by atoms with Gasteiger partial charge in [0.25, 0.3) is 0 Å². The van der Waals surface area contributed by atoms with Crippen molar-refractivity contribution in [1.82, 2.24) is 9.78 Å². The van der Waals surface area contributed by atoms with E-state index in [2.05, 4.69) is 61.7 Å². The van der Waals surface area contributed by atoms with E-state index in [1.165, 1.54) is 16.8 Å². The predicted octanol–water partition coefficient (Wildman–Crippen LogP) is 3.76. The van der Waals surface area contributed by atoms with Crippen LogP contribution in [0.1, 0.15) is 42.3 Å². The van der Waals surface area contributed by atoms with Crippen molar-refractivity contribution in [3.05, 3.63) is 46.8 Å². The molecule has 0 aliphatic carbocycles. The number of benzene rings is 1. The second-order valence-corrected chi connectivity index (χ2v) is 5.35. The smallest absolute Gasteiger partial charge is 0.0902 e. The number of nitrogens with zero attached hydrogens (tertiary/aromatic N) is 2. The Morgan fingerprint density at radius 1 is 1.21 bits per heavy atom. The van der Waals surface area contributed by atoms with Gasteiger partial charge in [-0.15, -0.1) is 0 Å². The monoisotopic (exact) mass is 258 g/mol. The van der Waals surface area contributed by atoms with Crippen molar-refractivity contribution in [2.45, 2.75) is 40.2 Å². The SMILES string of the molecule is COCc1cc(C(C)C)n(-c2cc(C)ccc2C)n1. The molecule has 1 aromatic heterocycles. The Hall–Kier alpha value is -1.61. The van der Waals surface area contributed by atoms with Crippen LogP contribution in [0.5, 0.6) is 0 Å². The van der Waals surface area contributed by atoms with Crippen molar-refractivity contribution in [3.63, 3.8) is 0 Å². The van der Waals surface area contributed by atoms with E-state index in [1.807, 2.05) is 0 Å². The highest BCUT2D eigenvalue weighted by Gasteiger charge is 2.14. The van der Waals surface area contributed by atoms with E-state index in [9.17, 15) is 0 Å². The first kappa shape index (κ1) is 13.8. The summed E-state index contributed by atoms with van der Waals surface area (Å²) in [5.74, 6) is 0.429. The Labute approximate surface area is 115 Å². The van der Waals surface area contributed by atoms with E-state index < -0.39 is 0 Å². The zero-order valence-corrected chi connectivity index (χ0v) is 12.4. The summed E-state index contributed by atoms with van der Waals surface area (Å²) in [5, 5.41) is 4.69. The van der Waals surface area contributed by atoms with Gasteiger partial charge in [0.05, 0.1) is 18.0 Å². The lowest BCUT2D eigenvalue weighted by atomic mass is 10.1. The number of ether oxygens (including phenoxy) is 1. The molecular weight excluding hydrogens is 236 g/mol. The molecule has 0 unspecified atom stereocenters. The van der Waals surface area contributed by atoms with Gasteiger partial charge in [0, 0.05) is 12.8 Å². The van der Waals surface area contributed by atoms with E-state index in [0.717, 1.165) is 11.4 Å². The second-order valence-electron chi connectivity index (χ2n) is 5.35. The molecule has 0 spiro atoms. The molecule has 0 N–H and O–H groups in total. The average Bonchev–Trinajstić information content (AvgIpc) is 2.77. The van der Waals surface area contributed by atoms with Crippen LogP contribution < -0.4 is 0 Å². The van der Waals surface area contributed by atoms with Gasteiger partial charge in [-0.2, -0.15) is 5.10 Å². The van der Waals surface area contributed by atoms with Gasteiger partial charge in [-0.25, -0.2) is 4.68 Å². The van der Waals surface area contributed by atoms with Crippen LogP contribution in [0.2, 0.25) is 0 Å². The predicted molar refractivity (Wildman–Crippen MR) is 77.8 cm³/mol. The molecule has 0 atom stereocenters. The summed E-state index contributed by atoms with van der Waals surface area (Å²) in [4.78, 5) is 0. The Bertz CT molecular complexity index is 570. The number of hydrogen-bond donors (Lipinski definition) is 0. The topological polar surface area (TPSA) is 27.1 Å². The Balaban J connectivity index is 2.56. The quantitative estimate of drug-likeness (QED) is 0.835. The summed E-state index contributed by atoms with van der Waals surface area (Å²) in [5.41, 5.74) is 5.84. The lowest BCUT2D eigenvalue weighted by molar-refractivity contribution is 0.181. The Kier molecular flexibility index (Phi) is 4.05. The number of methoxy groups -OCH3 is 1. The third-order valence-corrected chi connectivity index (χ3v) is 3.26. The molecule has 3 heteroatoms. The number of hydrogen-bond acceptors (Lipinski definition) is 2. The fourth-order valence-corrected chi connectivity index (χ4v) is 2.22. The summed E-state index contributed by atoms with van der Waals surface area (Å²) in [6.45, 7) is 9.16. The maximum absolute atomic E-state index is 5.19. The molecule has 0 fully saturated rings. The van der Waals surface area contributed by atoms with Gasteiger partial charge in [0.2, 0.25) is 0 Å². The maximum Gasteiger partial charge on any atom is 0.0902 e. The normalized spacial score (nSPS) is 11.3. The standard InChI is InChI=1S/C16H22N2O/c1-11(2)15-9-14(10-19-5)17-18(15)16-8-12(3)6-7-13(16)4/h6-9,11H,10H2,1-5H3. The van der Waals surface area contributed by atoms with Crippen LogP contribution in [0, 0.1) is 13.8 Å². The van der Waals surface area contributed by atoms with Crippen LogP contribution in [0.15, 0.2) is 24.3 Å². The van der Waals surface area contributed by atoms with E-state index >= 15 is 0 Å². The Morgan fingerprint density at radius 2 is 1.95 bits per heavy atom. The molecule has 1 aromatic carbocycles. The van der Waals surface area contributed by atoms with Gasteiger partial charge >= 0.3 is 0 Å². The summed E-state index contributed by atoms with van der Waals surface area (Å²) in [7, 11) is 1.70. The van der Waals surface area contributed by atoms with Gasteiger partial charge in [-0.3, -0.25) is 0 Å². The zero-order valence-electron chi connectivity index (χ0n) is 12.4. The number of aryl methyl sites for hydroxylation is 2. The first-order valence-electron chi connectivity index (χ1n) is 6.68. The van der Waals surface area contributed by atoms with Crippen molar-refractivity contribution in [3.8, 4) is 5.69 Å². The third kappa shape index (κ3) is 2.87. The molecule has 19 heavy (non-hydrogen) atoms. The van der Waals surface area contributed by atoms with Crippen molar-refractivity contribution in [2.75, 3.05) is 7.11 Å². The Morgan fingerprint density at radius 3 is 2.58 bits per heavy atom. The van der Waals surface area contributed by atoms with Crippen molar-refractivity contribution >= 4 is 0 Å². The van der Waals surface area contributed by atoms with Gasteiger partial charge in [0.1, 0.15) is 0 Å². The summed E-state index contributed by atoms with van der Waals surface area (Å²) in [6.07, 6.45) is 0. The fraction of sp³-hybridized carbons (Fsp3) is 0.438. The number of aromatic nitrogens is 2. The lowest BCUT2D eigenvalue weighted by Gasteiger charge is -2.13. The van der Waals surface area contributed by atoms with Crippen LogP contribution >= 0.6 is 0 Å². The minimum Gasteiger partial charge on any atom is -0.378 e. The van der Waals surface area contributed by atoms with E-state index in [0.29, 0.717) is 12.5 Å². The second kappa shape index (κ2) is 5.57. The molecule has 0 saturated carbocycles. The fourth-order valence-electron chi connectivity index (χ4n) is 2.22. The highest BCUT2D eigenvalue weighted by molar-refractivity contribution is 5.44. The third-order valence-electron chi connectivity index (χ3n) is 3.26. The molecule has 2 aromatic rings. The molecule has 0 amide bonds. The van der Waals surface area contributed by atoms with Crippen LogP contribution in [0.4, 0.5) is 0 Å². The molecule has 0 bridgehead atoms. The first-order chi connectivity index (χ1) is 9.02. The van der Waals surface area contributed by atoms with Crippen LogP contribution in [0.25, 0.3) is 5.69 Å². The molecule has 102 valence electrons. The summed E-state index contributed by atoms with van der Waals surface area (Å²) >= 11 is 0. The average molecular weight is 258 g/mol. The lowest BCUT2D eigenvalue weighted by Crippen LogP contribution is -2.06. The highest BCUT2D eigenvalue weighted by atomic mass is 16.5.